The number of methoxy groups -OCH3 is 1. The van der Waals surface area contributed by atoms with Gasteiger partial charge in [0, 0.05) is 17.7 Å². The Bertz CT molecular complexity index is 1360. The molecule has 2 heterocycles. The van der Waals surface area contributed by atoms with Crippen LogP contribution in [-0.4, -0.2) is 32.7 Å². The molecule has 0 bridgehead atoms. The lowest BCUT2D eigenvalue weighted by Gasteiger charge is -2.39. The van der Waals surface area contributed by atoms with Gasteiger partial charge in [-0.1, -0.05) is 42.0 Å². The number of anilines is 1. The van der Waals surface area contributed by atoms with Crippen molar-refractivity contribution >= 4 is 17.5 Å². The molecule has 1 aromatic heterocycles. The molecule has 5 rings (SSSR count). The molecule has 2 unspecified atom stereocenters. The van der Waals surface area contributed by atoms with Crippen molar-refractivity contribution in [3.05, 3.63) is 111 Å². The lowest BCUT2D eigenvalue weighted by atomic mass is 9.91. The number of aryl methyl sites for hydroxylation is 1. The summed E-state index contributed by atoms with van der Waals surface area (Å²) >= 11 is 0. The highest BCUT2D eigenvalue weighted by atomic mass is 16.6. The number of amides is 1. The van der Waals surface area contributed by atoms with Crippen molar-refractivity contribution < 1.29 is 14.5 Å². The Balaban J connectivity index is 1.60. The van der Waals surface area contributed by atoms with Gasteiger partial charge in [0.05, 0.1) is 24.1 Å². The predicted molar refractivity (Wildman–Crippen MR) is 130 cm³/mol. The van der Waals surface area contributed by atoms with Crippen LogP contribution in [0.25, 0.3) is 0 Å². The number of non-ortho nitro benzene ring substituents is 1. The van der Waals surface area contributed by atoms with Crippen LogP contribution in [0.3, 0.4) is 0 Å². The molecule has 4 aromatic rings. The first-order valence-electron chi connectivity index (χ1n) is 11.1. The van der Waals surface area contributed by atoms with Gasteiger partial charge in [0.1, 0.15) is 12.1 Å². The summed E-state index contributed by atoms with van der Waals surface area (Å²) in [6.45, 7) is 2.02. The zero-order chi connectivity index (χ0) is 24.5. The third-order valence-electron chi connectivity index (χ3n) is 6.33. The number of benzene rings is 3. The van der Waals surface area contributed by atoms with Crippen molar-refractivity contribution in [1.82, 2.24) is 14.8 Å². The van der Waals surface area contributed by atoms with Gasteiger partial charge in [0.25, 0.3) is 11.6 Å². The number of fused-ring (bicyclic) bond motifs is 1. The standard InChI is InChI=1S/C26H23N5O4/c1-17-3-5-18(6-4-17)23-15-24(19-9-13-22(35-2)14-10-19)30-26(27-16-28-30)29(23)25(32)20-7-11-21(12-8-20)31(33)34/h3-14,16,23-24H,15H2,1-2H3. The molecule has 35 heavy (non-hydrogen) atoms. The number of nitro groups is 1. The highest BCUT2D eigenvalue weighted by molar-refractivity contribution is 6.06. The van der Waals surface area contributed by atoms with Gasteiger partial charge in [-0.05, 0) is 48.7 Å². The van der Waals surface area contributed by atoms with Crippen LogP contribution in [0.1, 0.15) is 45.6 Å². The van der Waals surface area contributed by atoms with Crippen LogP contribution in [0.15, 0.2) is 79.1 Å². The molecule has 0 saturated heterocycles. The second kappa shape index (κ2) is 9.02. The van der Waals surface area contributed by atoms with Crippen molar-refractivity contribution in [2.24, 2.45) is 0 Å². The summed E-state index contributed by atoms with van der Waals surface area (Å²) in [4.78, 5) is 30.5. The number of hydrogen-bond donors (Lipinski definition) is 0. The Hall–Kier alpha value is -4.53. The van der Waals surface area contributed by atoms with Gasteiger partial charge in [0.15, 0.2) is 0 Å². The van der Waals surface area contributed by atoms with Crippen molar-refractivity contribution in [1.29, 1.82) is 0 Å². The largest absolute Gasteiger partial charge is 0.497 e. The lowest BCUT2D eigenvalue weighted by molar-refractivity contribution is -0.384. The van der Waals surface area contributed by atoms with E-state index in [1.165, 1.54) is 30.6 Å². The summed E-state index contributed by atoms with van der Waals surface area (Å²) in [7, 11) is 1.63. The van der Waals surface area contributed by atoms with Crippen LogP contribution >= 0.6 is 0 Å². The number of nitro benzene ring substituents is 1. The maximum Gasteiger partial charge on any atom is 0.269 e. The van der Waals surface area contributed by atoms with Gasteiger partial charge in [-0.3, -0.25) is 19.8 Å². The number of hydrogen-bond acceptors (Lipinski definition) is 6. The summed E-state index contributed by atoms with van der Waals surface area (Å²) in [5.74, 6) is 0.882. The van der Waals surface area contributed by atoms with E-state index >= 15 is 0 Å². The molecule has 0 fully saturated rings. The number of carbonyl (C=O) groups is 1. The molecule has 0 aliphatic carbocycles. The van der Waals surface area contributed by atoms with Crippen LogP contribution in [-0.2, 0) is 0 Å². The van der Waals surface area contributed by atoms with Crippen LogP contribution in [0.5, 0.6) is 5.75 Å². The quantitative estimate of drug-likeness (QED) is 0.305. The van der Waals surface area contributed by atoms with E-state index in [4.69, 9.17) is 4.74 Å². The Morgan fingerprint density at radius 2 is 1.60 bits per heavy atom. The zero-order valence-electron chi connectivity index (χ0n) is 19.2. The fourth-order valence-corrected chi connectivity index (χ4v) is 4.47. The highest BCUT2D eigenvalue weighted by Gasteiger charge is 2.39. The van der Waals surface area contributed by atoms with Gasteiger partial charge in [-0.25, -0.2) is 4.68 Å². The Kier molecular flexibility index (Phi) is 5.74. The van der Waals surface area contributed by atoms with E-state index in [-0.39, 0.29) is 23.7 Å². The van der Waals surface area contributed by atoms with Crippen LogP contribution in [0, 0.1) is 17.0 Å². The van der Waals surface area contributed by atoms with Crippen molar-refractivity contribution in [2.45, 2.75) is 25.4 Å². The molecule has 9 heteroatoms. The van der Waals surface area contributed by atoms with Gasteiger partial charge < -0.3 is 4.74 Å². The van der Waals surface area contributed by atoms with E-state index in [9.17, 15) is 14.9 Å². The molecule has 1 aliphatic heterocycles. The molecule has 0 spiro atoms. The molecule has 9 nitrogen and oxygen atoms in total. The average Bonchev–Trinajstić information content (AvgIpc) is 3.38. The maximum absolute atomic E-state index is 13.8. The number of carbonyl (C=O) groups excluding carboxylic acids is 1. The zero-order valence-corrected chi connectivity index (χ0v) is 19.2. The average molecular weight is 470 g/mol. The van der Waals surface area contributed by atoms with E-state index in [0.717, 1.165) is 22.4 Å². The minimum absolute atomic E-state index is 0.0713. The third kappa shape index (κ3) is 4.12. The van der Waals surface area contributed by atoms with Crippen LogP contribution < -0.4 is 9.64 Å². The van der Waals surface area contributed by atoms with E-state index in [1.807, 2.05) is 55.5 Å². The van der Waals surface area contributed by atoms with Gasteiger partial charge in [0.2, 0.25) is 5.95 Å². The topological polar surface area (TPSA) is 103 Å². The molecule has 2 atom stereocenters. The second-order valence-electron chi connectivity index (χ2n) is 8.43. The summed E-state index contributed by atoms with van der Waals surface area (Å²) in [6.07, 6.45) is 2.02. The predicted octanol–water partition coefficient (Wildman–Crippen LogP) is 4.88. The maximum atomic E-state index is 13.8. The van der Waals surface area contributed by atoms with Gasteiger partial charge in [-0.15, -0.1) is 0 Å². The van der Waals surface area contributed by atoms with Gasteiger partial charge in [-0.2, -0.15) is 10.1 Å². The monoisotopic (exact) mass is 469 g/mol. The number of ether oxygens (including phenoxy) is 1. The van der Waals surface area contributed by atoms with E-state index in [2.05, 4.69) is 10.1 Å². The van der Waals surface area contributed by atoms with Crippen molar-refractivity contribution in [3.63, 3.8) is 0 Å². The molecular formula is C26H23N5O4. The fourth-order valence-electron chi connectivity index (χ4n) is 4.47. The fraction of sp³-hybridized carbons (Fsp3) is 0.192. The molecule has 3 aromatic carbocycles. The summed E-state index contributed by atoms with van der Waals surface area (Å²) in [6, 6.07) is 21.0. The normalized spacial score (nSPS) is 17.0. The third-order valence-corrected chi connectivity index (χ3v) is 6.33. The minimum Gasteiger partial charge on any atom is -0.497 e. The first kappa shape index (κ1) is 22.3. The number of aromatic nitrogens is 3. The Morgan fingerprint density at radius 3 is 2.23 bits per heavy atom. The molecule has 0 saturated carbocycles. The molecular weight excluding hydrogens is 446 g/mol. The van der Waals surface area contributed by atoms with Crippen LogP contribution in [0.2, 0.25) is 0 Å². The summed E-state index contributed by atoms with van der Waals surface area (Å²) in [5.41, 5.74) is 3.38. The Labute approximate surface area is 201 Å². The van der Waals surface area contributed by atoms with Crippen molar-refractivity contribution in [3.8, 4) is 5.75 Å². The van der Waals surface area contributed by atoms with E-state index in [0.29, 0.717) is 17.9 Å². The first-order chi connectivity index (χ1) is 17.0. The SMILES string of the molecule is COc1ccc(C2CC(c3ccc(C)cc3)N(C(=O)c3ccc([N+](=O)[O-])cc3)c3ncnn32)cc1. The lowest BCUT2D eigenvalue weighted by Crippen LogP contribution is -2.42. The smallest absolute Gasteiger partial charge is 0.269 e. The number of nitrogens with zero attached hydrogens (tertiary/aromatic N) is 5. The first-order valence-corrected chi connectivity index (χ1v) is 11.1. The van der Waals surface area contributed by atoms with Crippen molar-refractivity contribution in [2.75, 3.05) is 12.0 Å². The molecule has 1 aliphatic rings. The summed E-state index contributed by atoms with van der Waals surface area (Å²) < 4.78 is 7.06. The molecule has 176 valence electrons. The summed E-state index contributed by atoms with van der Waals surface area (Å²) in [5, 5.41) is 15.5. The highest BCUT2D eigenvalue weighted by Crippen LogP contribution is 2.42. The number of rotatable bonds is 5. The van der Waals surface area contributed by atoms with Crippen LogP contribution in [0.4, 0.5) is 11.6 Å². The van der Waals surface area contributed by atoms with Gasteiger partial charge >= 0.3 is 0 Å². The van der Waals surface area contributed by atoms with E-state index < -0.39 is 4.92 Å². The molecule has 0 radical (unpaired) electrons. The van der Waals surface area contributed by atoms with E-state index in [1.54, 1.807) is 16.7 Å². The molecule has 0 N–H and O–H groups in total. The second-order valence-corrected chi connectivity index (χ2v) is 8.43. The molecule has 1 amide bonds. The Morgan fingerprint density at radius 1 is 0.971 bits per heavy atom. The minimum atomic E-state index is -0.486.